The van der Waals surface area contributed by atoms with Gasteiger partial charge in [0, 0.05) is 22.8 Å². The summed E-state index contributed by atoms with van der Waals surface area (Å²) in [6.07, 6.45) is 1.72. The number of carbonyl (C=O) groups excluding carboxylic acids is 2. The van der Waals surface area contributed by atoms with Gasteiger partial charge in [0.05, 0.1) is 11.8 Å². The van der Waals surface area contributed by atoms with Crippen LogP contribution in [0, 0.1) is 13.8 Å². The number of anilines is 1. The molecule has 1 aromatic heterocycles. The van der Waals surface area contributed by atoms with Crippen LogP contribution in [-0.4, -0.2) is 32.3 Å². The van der Waals surface area contributed by atoms with Gasteiger partial charge in [-0.3, -0.25) is 9.59 Å². The smallest absolute Gasteiger partial charge is 0.252 e. The molecule has 0 aliphatic rings. The molecule has 1 atom stereocenters. The molecule has 0 fully saturated rings. The second-order valence-corrected chi connectivity index (χ2v) is 8.85. The maximum Gasteiger partial charge on any atom is 0.252 e. The van der Waals surface area contributed by atoms with Gasteiger partial charge in [-0.15, -0.1) is 16.8 Å². The number of hydrogen-bond acceptors (Lipinski definition) is 5. The summed E-state index contributed by atoms with van der Waals surface area (Å²) in [7, 11) is 0. The fourth-order valence-corrected chi connectivity index (χ4v) is 4.18. The lowest BCUT2D eigenvalue weighted by Crippen LogP contribution is -2.29. The second kappa shape index (κ2) is 11.2. The van der Waals surface area contributed by atoms with Crippen molar-refractivity contribution in [2.75, 3.05) is 11.1 Å². The summed E-state index contributed by atoms with van der Waals surface area (Å²) in [4.78, 5) is 25.2. The van der Waals surface area contributed by atoms with E-state index in [1.807, 2.05) is 43.5 Å². The van der Waals surface area contributed by atoms with Gasteiger partial charge in [0.1, 0.15) is 0 Å². The third-order valence-corrected chi connectivity index (χ3v) is 6.43. The topological polar surface area (TPSA) is 88.9 Å². The molecule has 3 aromatic rings. The normalized spacial score (nSPS) is 11.6. The van der Waals surface area contributed by atoms with Crippen molar-refractivity contribution in [1.29, 1.82) is 0 Å². The maximum atomic E-state index is 12.7. The molecule has 2 amide bonds. The van der Waals surface area contributed by atoms with E-state index in [2.05, 4.69) is 27.4 Å². The Morgan fingerprint density at radius 1 is 1.18 bits per heavy atom. The van der Waals surface area contributed by atoms with E-state index in [1.54, 1.807) is 30.3 Å². The van der Waals surface area contributed by atoms with Crippen molar-refractivity contribution < 1.29 is 9.59 Å². The van der Waals surface area contributed by atoms with Crippen molar-refractivity contribution in [3.63, 3.8) is 0 Å². The van der Waals surface area contributed by atoms with Crippen molar-refractivity contribution in [3.05, 3.63) is 82.7 Å². The molecule has 0 saturated carbocycles. The van der Waals surface area contributed by atoms with Crippen LogP contribution in [0.25, 0.3) is 0 Å². The van der Waals surface area contributed by atoms with Gasteiger partial charge < -0.3 is 15.2 Å². The zero-order chi connectivity index (χ0) is 24.0. The number of hydrogen-bond donors (Lipinski definition) is 2. The van der Waals surface area contributed by atoms with Gasteiger partial charge in [0.2, 0.25) is 5.91 Å². The van der Waals surface area contributed by atoms with E-state index >= 15 is 0 Å². The average molecular weight is 484 g/mol. The molecule has 0 bridgehead atoms. The van der Waals surface area contributed by atoms with Crippen LogP contribution in [-0.2, 0) is 11.3 Å². The number of allylic oxidation sites excluding steroid dienone is 1. The first-order chi connectivity index (χ1) is 15.8. The minimum Gasteiger partial charge on any atom is -0.342 e. The lowest BCUT2D eigenvalue weighted by atomic mass is 10.1. The minimum absolute atomic E-state index is 0.144. The maximum absolute atomic E-state index is 12.7. The van der Waals surface area contributed by atoms with E-state index in [4.69, 9.17) is 11.6 Å². The Kier molecular flexibility index (Phi) is 8.30. The third kappa shape index (κ3) is 6.03. The Morgan fingerprint density at radius 3 is 2.67 bits per heavy atom. The molecule has 172 valence electrons. The van der Waals surface area contributed by atoms with Crippen molar-refractivity contribution in [3.8, 4) is 0 Å². The lowest BCUT2D eigenvalue weighted by molar-refractivity contribution is -0.113. The molecular weight excluding hydrogens is 458 g/mol. The summed E-state index contributed by atoms with van der Waals surface area (Å²) >= 11 is 7.39. The van der Waals surface area contributed by atoms with Gasteiger partial charge >= 0.3 is 0 Å². The fraction of sp³-hybridized carbons (Fsp3) is 0.250. The summed E-state index contributed by atoms with van der Waals surface area (Å²) < 4.78 is 1.85. The van der Waals surface area contributed by atoms with E-state index in [1.165, 1.54) is 11.8 Å². The first kappa shape index (κ1) is 24.5. The largest absolute Gasteiger partial charge is 0.342 e. The van der Waals surface area contributed by atoms with Gasteiger partial charge in [-0.2, -0.15) is 0 Å². The average Bonchev–Trinajstić information content (AvgIpc) is 3.18. The molecule has 2 N–H and O–H groups in total. The van der Waals surface area contributed by atoms with Crippen LogP contribution >= 0.6 is 23.4 Å². The van der Waals surface area contributed by atoms with Crippen LogP contribution in [0.2, 0.25) is 5.02 Å². The molecular formula is C24H26ClN5O2S. The molecule has 0 radical (unpaired) electrons. The van der Waals surface area contributed by atoms with E-state index < -0.39 is 0 Å². The Balaban J connectivity index is 1.69. The number of benzene rings is 2. The highest BCUT2D eigenvalue weighted by Crippen LogP contribution is 2.25. The zero-order valence-corrected chi connectivity index (χ0v) is 20.3. The first-order valence-corrected chi connectivity index (χ1v) is 11.8. The van der Waals surface area contributed by atoms with Crippen LogP contribution in [0.15, 0.2) is 60.3 Å². The van der Waals surface area contributed by atoms with E-state index in [0.717, 1.165) is 11.1 Å². The lowest BCUT2D eigenvalue weighted by Gasteiger charge is -2.16. The molecule has 0 saturated heterocycles. The highest BCUT2D eigenvalue weighted by atomic mass is 35.5. The summed E-state index contributed by atoms with van der Waals surface area (Å²) in [5, 5.41) is 15.5. The van der Waals surface area contributed by atoms with Crippen LogP contribution in [0.3, 0.4) is 0 Å². The number of nitrogens with zero attached hydrogens (tertiary/aromatic N) is 3. The van der Waals surface area contributed by atoms with Gasteiger partial charge in [0.15, 0.2) is 11.0 Å². The second-order valence-electron chi connectivity index (χ2n) is 7.50. The van der Waals surface area contributed by atoms with Crippen molar-refractivity contribution in [1.82, 2.24) is 20.1 Å². The molecule has 0 aliphatic heterocycles. The van der Waals surface area contributed by atoms with Crippen molar-refractivity contribution >= 4 is 40.9 Å². The SMILES string of the molecule is C=CCn1c(SCC(=O)Nc2cccc(Cl)c2C)nnc1[C@H](C)NC(=O)c1ccccc1C. The molecule has 0 aliphatic carbocycles. The summed E-state index contributed by atoms with van der Waals surface area (Å²) in [5.74, 6) is 0.371. The third-order valence-electron chi connectivity index (χ3n) is 5.06. The standard InChI is InChI=1S/C24H26ClN5O2S/c1-5-13-30-22(17(4)26-23(32)18-10-7-6-9-15(18)2)28-29-24(30)33-14-21(31)27-20-12-8-11-19(25)16(20)3/h5-12,17H,1,13-14H2,2-4H3,(H,26,32)(H,27,31)/t17-/m0/s1. The number of amides is 2. The monoisotopic (exact) mass is 483 g/mol. The number of thioether (sulfide) groups is 1. The summed E-state index contributed by atoms with van der Waals surface area (Å²) in [6.45, 7) is 9.85. The fourth-order valence-electron chi connectivity index (χ4n) is 3.25. The van der Waals surface area contributed by atoms with Gasteiger partial charge in [-0.1, -0.05) is 53.7 Å². The van der Waals surface area contributed by atoms with E-state index in [9.17, 15) is 9.59 Å². The molecule has 33 heavy (non-hydrogen) atoms. The molecule has 7 nitrogen and oxygen atoms in total. The van der Waals surface area contributed by atoms with Gasteiger partial charge in [-0.05, 0) is 50.1 Å². The number of carbonyl (C=O) groups is 2. The first-order valence-electron chi connectivity index (χ1n) is 10.4. The van der Waals surface area contributed by atoms with E-state index in [-0.39, 0.29) is 23.6 Å². The molecule has 1 heterocycles. The number of aryl methyl sites for hydroxylation is 1. The zero-order valence-electron chi connectivity index (χ0n) is 18.8. The van der Waals surface area contributed by atoms with Gasteiger partial charge in [-0.25, -0.2) is 0 Å². The number of rotatable bonds is 9. The molecule has 9 heteroatoms. The van der Waals surface area contributed by atoms with E-state index in [0.29, 0.717) is 33.8 Å². The van der Waals surface area contributed by atoms with Crippen LogP contribution in [0.5, 0.6) is 0 Å². The highest BCUT2D eigenvalue weighted by Gasteiger charge is 2.21. The quantitative estimate of drug-likeness (QED) is 0.332. The predicted octanol–water partition coefficient (Wildman–Crippen LogP) is 4.96. The van der Waals surface area contributed by atoms with Crippen molar-refractivity contribution in [2.45, 2.75) is 38.5 Å². The van der Waals surface area contributed by atoms with Crippen LogP contribution in [0.1, 0.15) is 40.3 Å². The van der Waals surface area contributed by atoms with Crippen molar-refractivity contribution in [2.24, 2.45) is 0 Å². The predicted molar refractivity (Wildman–Crippen MR) is 133 cm³/mol. The Hall–Kier alpha value is -3.10. The summed E-state index contributed by atoms with van der Waals surface area (Å²) in [6, 6.07) is 12.4. The highest BCUT2D eigenvalue weighted by molar-refractivity contribution is 7.99. The van der Waals surface area contributed by atoms with Crippen LogP contribution < -0.4 is 10.6 Å². The van der Waals surface area contributed by atoms with Gasteiger partial charge in [0.25, 0.3) is 5.91 Å². The molecule has 2 aromatic carbocycles. The number of halogens is 1. The minimum atomic E-state index is -0.387. The number of aromatic nitrogens is 3. The summed E-state index contributed by atoms with van der Waals surface area (Å²) in [5.41, 5.74) is 3.00. The Bertz CT molecular complexity index is 1180. The molecule has 0 unspecified atom stereocenters. The Morgan fingerprint density at radius 2 is 1.94 bits per heavy atom. The molecule has 3 rings (SSSR count). The molecule has 0 spiro atoms. The number of nitrogens with one attached hydrogen (secondary N) is 2. The van der Waals surface area contributed by atoms with Crippen LogP contribution in [0.4, 0.5) is 5.69 Å². The Labute approximate surface area is 202 Å².